The summed E-state index contributed by atoms with van der Waals surface area (Å²) >= 11 is 3.41. The Hall–Kier alpha value is -3.52. The van der Waals surface area contributed by atoms with Crippen molar-refractivity contribution in [2.24, 2.45) is 5.10 Å². The zero-order chi connectivity index (χ0) is 23.5. The van der Waals surface area contributed by atoms with E-state index in [1.165, 1.54) is 29.3 Å². The molecule has 1 atom stereocenters. The van der Waals surface area contributed by atoms with Crippen molar-refractivity contribution < 1.29 is 18.3 Å². The number of guanidine groups is 1. The lowest BCUT2D eigenvalue weighted by Crippen LogP contribution is -2.46. The minimum Gasteiger partial charge on any atom is -0.435 e. The molecule has 0 radical (unpaired) electrons. The monoisotopic (exact) mass is 516 g/mol. The van der Waals surface area contributed by atoms with Gasteiger partial charge in [-0.25, -0.2) is 9.91 Å². The zero-order valence-corrected chi connectivity index (χ0v) is 18.9. The van der Waals surface area contributed by atoms with Crippen LogP contribution in [-0.4, -0.2) is 53.2 Å². The molecule has 4 rings (SSSR count). The fourth-order valence-electron chi connectivity index (χ4n) is 3.86. The van der Waals surface area contributed by atoms with E-state index in [2.05, 4.69) is 25.8 Å². The van der Waals surface area contributed by atoms with Gasteiger partial charge in [0.1, 0.15) is 5.75 Å². The van der Waals surface area contributed by atoms with E-state index in [4.69, 9.17) is 5.41 Å². The van der Waals surface area contributed by atoms with Crippen LogP contribution in [0, 0.1) is 16.9 Å². The largest absolute Gasteiger partial charge is 0.435 e. The Morgan fingerprint density at radius 3 is 2.52 bits per heavy atom. The highest BCUT2D eigenvalue weighted by Crippen LogP contribution is 2.27. The number of nitriles is 1. The first kappa shape index (κ1) is 22.7. The molecule has 0 aliphatic carbocycles. The summed E-state index contributed by atoms with van der Waals surface area (Å²) in [6.07, 6.45) is 3.17. The van der Waals surface area contributed by atoms with E-state index in [-0.39, 0.29) is 30.2 Å². The highest BCUT2D eigenvalue weighted by Gasteiger charge is 2.39. The maximum absolute atomic E-state index is 12.5. The number of anilines is 1. The van der Waals surface area contributed by atoms with Gasteiger partial charge in [-0.15, -0.1) is 0 Å². The smallest absolute Gasteiger partial charge is 0.387 e. The molecule has 2 aliphatic heterocycles. The lowest BCUT2D eigenvalue weighted by molar-refractivity contribution is -0.128. The van der Waals surface area contributed by atoms with Gasteiger partial charge in [0.2, 0.25) is 11.9 Å². The van der Waals surface area contributed by atoms with Crippen molar-refractivity contribution in [2.45, 2.75) is 25.5 Å². The van der Waals surface area contributed by atoms with Crippen LogP contribution in [0.3, 0.4) is 0 Å². The zero-order valence-electron chi connectivity index (χ0n) is 17.3. The molecule has 2 aromatic rings. The Labute approximate surface area is 197 Å². The van der Waals surface area contributed by atoms with Crippen LogP contribution in [0.15, 0.2) is 58.1 Å². The Morgan fingerprint density at radius 1 is 1.24 bits per heavy atom. The summed E-state index contributed by atoms with van der Waals surface area (Å²) in [5.74, 6) is -0.240. The first-order valence-corrected chi connectivity index (χ1v) is 10.9. The standard InChI is InChI=1S/C22H19BrF2N6O2/c23-15-5-3-14(4-6-15)20-18(29-11-1-2-19(29)32)12-31(28-20)22(27)30(13-26)16-7-9-17(10-8-16)33-21(24)25/h3-10,18,21,27H,1-2,11-12H2. The summed E-state index contributed by atoms with van der Waals surface area (Å²) in [5.41, 5.74) is 1.75. The molecule has 1 N–H and O–H groups in total. The fraction of sp³-hybridized carbons (Fsp3) is 0.273. The van der Waals surface area contributed by atoms with Crippen molar-refractivity contribution >= 4 is 39.2 Å². The Morgan fingerprint density at radius 2 is 1.94 bits per heavy atom. The molecular formula is C22H19BrF2N6O2. The summed E-state index contributed by atoms with van der Waals surface area (Å²) in [4.78, 5) is 15.2. The molecule has 0 saturated carbocycles. The predicted octanol–water partition coefficient (Wildman–Crippen LogP) is 3.98. The summed E-state index contributed by atoms with van der Waals surface area (Å²) in [6, 6.07) is 12.6. The summed E-state index contributed by atoms with van der Waals surface area (Å²) in [7, 11) is 0. The molecule has 8 nitrogen and oxygen atoms in total. The number of hydrogen-bond acceptors (Lipinski definition) is 5. The molecule has 2 heterocycles. The van der Waals surface area contributed by atoms with Crippen molar-refractivity contribution in [1.82, 2.24) is 9.91 Å². The van der Waals surface area contributed by atoms with Crippen molar-refractivity contribution in [3.8, 4) is 11.9 Å². The van der Waals surface area contributed by atoms with Crippen LogP contribution in [0.5, 0.6) is 5.75 Å². The highest BCUT2D eigenvalue weighted by atomic mass is 79.9. The minimum atomic E-state index is -2.96. The Bertz CT molecular complexity index is 1120. The average Bonchev–Trinajstić information content (AvgIpc) is 3.41. The molecule has 11 heteroatoms. The Kier molecular flexibility index (Phi) is 6.55. The van der Waals surface area contributed by atoms with Crippen LogP contribution in [0.4, 0.5) is 14.5 Å². The topological polar surface area (TPSA) is 96.0 Å². The first-order valence-electron chi connectivity index (χ1n) is 10.1. The van der Waals surface area contributed by atoms with Crippen molar-refractivity contribution in [3.63, 3.8) is 0 Å². The molecule has 170 valence electrons. The van der Waals surface area contributed by atoms with Gasteiger partial charge in [-0.05, 0) is 42.8 Å². The second-order valence-corrected chi connectivity index (χ2v) is 8.33. The number of hydrazone groups is 1. The molecule has 1 fully saturated rings. The lowest BCUT2D eigenvalue weighted by atomic mass is 10.0. The molecule has 0 bridgehead atoms. The van der Waals surface area contributed by atoms with Gasteiger partial charge >= 0.3 is 6.61 Å². The molecule has 1 saturated heterocycles. The number of nitrogens with one attached hydrogen (secondary N) is 1. The maximum atomic E-state index is 12.5. The molecule has 1 amide bonds. The van der Waals surface area contributed by atoms with Gasteiger partial charge in [-0.3, -0.25) is 10.2 Å². The van der Waals surface area contributed by atoms with E-state index in [1.54, 1.807) is 4.90 Å². The number of amides is 1. The number of nitrogens with zero attached hydrogens (tertiary/aromatic N) is 5. The number of carbonyl (C=O) groups excluding carboxylic acids is 1. The highest BCUT2D eigenvalue weighted by molar-refractivity contribution is 9.10. The maximum Gasteiger partial charge on any atom is 0.387 e. The molecular weight excluding hydrogens is 498 g/mol. The van der Waals surface area contributed by atoms with Crippen LogP contribution in [0.25, 0.3) is 0 Å². The van der Waals surface area contributed by atoms with E-state index in [0.29, 0.717) is 24.4 Å². The van der Waals surface area contributed by atoms with Gasteiger partial charge in [0, 0.05) is 23.0 Å². The molecule has 0 aromatic heterocycles. The van der Waals surface area contributed by atoms with Crippen LogP contribution in [-0.2, 0) is 4.79 Å². The SMILES string of the molecule is N#CN(C(=N)N1CC(N2CCCC2=O)C(c2ccc(Br)cc2)=N1)c1ccc(OC(F)F)cc1. The van der Waals surface area contributed by atoms with Gasteiger partial charge in [-0.1, -0.05) is 28.1 Å². The van der Waals surface area contributed by atoms with Crippen molar-refractivity contribution in [2.75, 3.05) is 18.0 Å². The van der Waals surface area contributed by atoms with Crippen molar-refractivity contribution in [3.05, 3.63) is 58.6 Å². The third kappa shape index (κ3) is 4.80. The van der Waals surface area contributed by atoms with Crippen LogP contribution >= 0.6 is 15.9 Å². The van der Waals surface area contributed by atoms with Gasteiger partial charge in [0.25, 0.3) is 0 Å². The van der Waals surface area contributed by atoms with Crippen LogP contribution < -0.4 is 9.64 Å². The number of carbonyl (C=O) groups is 1. The van der Waals surface area contributed by atoms with E-state index in [9.17, 15) is 18.8 Å². The Balaban J connectivity index is 1.61. The second-order valence-electron chi connectivity index (χ2n) is 7.41. The number of likely N-dealkylation sites (tertiary alicyclic amines) is 1. The molecule has 0 spiro atoms. The summed E-state index contributed by atoms with van der Waals surface area (Å²) < 4.78 is 30.0. The second kappa shape index (κ2) is 9.54. The predicted molar refractivity (Wildman–Crippen MR) is 121 cm³/mol. The van der Waals surface area contributed by atoms with Gasteiger partial charge < -0.3 is 9.64 Å². The lowest BCUT2D eigenvalue weighted by Gasteiger charge is -2.27. The van der Waals surface area contributed by atoms with Gasteiger partial charge in [0.15, 0.2) is 6.19 Å². The number of rotatable bonds is 5. The number of ether oxygens (including phenoxy) is 1. The van der Waals surface area contributed by atoms with Gasteiger partial charge in [-0.2, -0.15) is 19.1 Å². The third-order valence-corrected chi connectivity index (χ3v) is 5.92. The first-order chi connectivity index (χ1) is 15.9. The minimum absolute atomic E-state index is 0.0324. The van der Waals surface area contributed by atoms with E-state index in [1.807, 2.05) is 30.5 Å². The number of halogens is 3. The summed E-state index contributed by atoms with van der Waals surface area (Å²) in [6.45, 7) is -2.13. The summed E-state index contributed by atoms with van der Waals surface area (Å²) in [5, 5.41) is 24.3. The fourth-order valence-corrected chi connectivity index (χ4v) is 4.12. The third-order valence-electron chi connectivity index (χ3n) is 5.39. The van der Waals surface area contributed by atoms with Crippen LogP contribution in [0.2, 0.25) is 0 Å². The molecule has 2 aromatic carbocycles. The number of hydrogen-bond donors (Lipinski definition) is 1. The normalized spacial score (nSPS) is 17.8. The van der Waals surface area contributed by atoms with E-state index >= 15 is 0 Å². The molecule has 2 aliphatic rings. The van der Waals surface area contributed by atoms with Crippen LogP contribution in [0.1, 0.15) is 18.4 Å². The average molecular weight is 517 g/mol. The van der Waals surface area contributed by atoms with E-state index < -0.39 is 6.61 Å². The van der Waals surface area contributed by atoms with Crippen molar-refractivity contribution in [1.29, 1.82) is 10.7 Å². The quantitative estimate of drug-likeness (QED) is 0.280. The van der Waals surface area contributed by atoms with Gasteiger partial charge in [0.05, 0.1) is 24.0 Å². The number of benzene rings is 2. The van der Waals surface area contributed by atoms with E-state index in [0.717, 1.165) is 21.4 Å². The molecule has 1 unspecified atom stereocenters. The molecule has 33 heavy (non-hydrogen) atoms. The number of alkyl halides is 2.